The minimum Gasteiger partial charge on any atom is -0.497 e. The molecule has 2 heterocycles. The Balaban J connectivity index is 2.02. The fraction of sp³-hybridized carbons (Fsp3) is 0.222. The van der Waals surface area contributed by atoms with Gasteiger partial charge in [0.05, 0.1) is 32.0 Å². The molecule has 8 heteroatoms. The van der Waals surface area contributed by atoms with Gasteiger partial charge in [0.25, 0.3) is 0 Å². The highest BCUT2D eigenvalue weighted by Gasteiger charge is 2.14. The molecule has 0 atom stereocenters. The van der Waals surface area contributed by atoms with Crippen molar-refractivity contribution in [1.29, 1.82) is 0 Å². The first-order chi connectivity index (χ1) is 12.6. The Hall–Kier alpha value is -3.42. The van der Waals surface area contributed by atoms with Gasteiger partial charge in [0.2, 0.25) is 5.88 Å². The number of carboxylic acids is 1. The molecule has 26 heavy (non-hydrogen) atoms. The topological polar surface area (TPSA) is 99.4 Å². The summed E-state index contributed by atoms with van der Waals surface area (Å²) in [6, 6.07) is 12.8. The van der Waals surface area contributed by atoms with Crippen molar-refractivity contribution in [3.05, 3.63) is 48.2 Å². The van der Waals surface area contributed by atoms with Crippen LogP contribution in [0, 0.1) is 0 Å². The largest absolute Gasteiger partial charge is 0.497 e. The van der Waals surface area contributed by atoms with Gasteiger partial charge in [-0.25, -0.2) is 4.68 Å². The lowest BCUT2D eigenvalue weighted by atomic mass is 10.1. The number of hydrogen-bond donors (Lipinski definition) is 1. The number of ether oxygens (including phenoxy) is 2. The van der Waals surface area contributed by atoms with Gasteiger partial charge < -0.3 is 14.6 Å². The Morgan fingerprint density at radius 3 is 2.42 bits per heavy atom. The van der Waals surface area contributed by atoms with Gasteiger partial charge in [-0.05, 0) is 36.4 Å². The number of rotatable bonds is 7. The molecule has 0 fully saturated rings. The van der Waals surface area contributed by atoms with Gasteiger partial charge in [-0.1, -0.05) is 0 Å². The normalized spacial score (nSPS) is 10.5. The van der Waals surface area contributed by atoms with Crippen molar-refractivity contribution < 1.29 is 19.4 Å². The molecule has 8 nitrogen and oxygen atoms in total. The van der Waals surface area contributed by atoms with Crippen LogP contribution in [0.5, 0.6) is 11.6 Å². The zero-order chi connectivity index (χ0) is 18.5. The lowest BCUT2D eigenvalue weighted by Crippen LogP contribution is -2.05. The van der Waals surface area contributed by atoms with E-state index in [9.17, 15) is 4.79 Å². The second kappa shape index (κ2) is 7.64. The second-order valence-electron chi connectivity index (χ2n) is 5.49. The molecule has 2 aromatic heterocycles. The number of aromatic nitrogens is 4. The maximum absolute atomic E-state index is 10.9. The maximum Gasteiger partial charge on any atom is 0.303 e. The summed E-state index contributed by atoms with van der Waals surface area (Å²) in [6.07, 6.45) is 0.336. The van der Waals surface area contributed by atoms with E-state index in [1.165, 1.54) is 7.11 Å². The lowest BCUT2D eigenvalue weighted by Gasteiger charge is -2.07. The molecule has 0 aliphatic rings. The quantitative estimate of drug-likeness (QED) is 0.695. The minimum absolute atomic E-state index is 0.00730. The molecule has 0 radical (unpaired) electrons. The van der Waals surface area contributed by atoms with Crippen molar-refractivity contribution in [2.75, 3.05) is 14.2 Å². The highest BCUT2D eigenvalue weighted by Crippen LogP contribution is 2.26. The number of benzene rings is 1. The van der Waals surface area contributed by atoms with Crippen LogP contribution in [-0.2, 0) is 11.2 Å². The van der Waals surface area contributed by atoms with Crippen molar-refractivity contribution in [1.82, 2.24) is 20.0 Å². The van der Waals surface area contributed by atoms with E-state index in [-0.39, 0.29) is 6.42 Å². The van der Waals surface area contributed by atoms with E-state index in [1.54, 1.807) is 23.9 Å². The van der Waals surface area contributed by atoms with Gasteiger partial charge in [-0.3, -0.25) is 4.79 Å². The highest BCUT2D eigenvalue weighted by atomic mass is 16.5. The number of hydrogen-bond acceptors (Lipinski definition) is 6. The van der Waals surface area contributed by atoms with Crippen LogP contribution in [0.4, 0.5) is 0 Å². The Morgan fingerprint density at radius 1 is 1.08 bits per heavy atom. The van der Waals surface area contributed by atoms with Gasteiger partial charge in [0.1, 0.15) is 5.75 Å². The van der Waals surface area contributed by atoms with Crippen molar-refractivity contribution >= 4 is 5.97 Å². The molecule has 134 valence electrons. The fourth-order valence-corrected chi connectivity index (χ4v) is 2.46. The standard InChI is InChI=1S/C18H18N4O4/c1-25-14-6-3-12(4-7-14)15-11-13(5-10-18(23)24)21-22(15)16-8-9-17(26-2)20-19-16/h3-4,6-9,11H,5,10H2,1-2H3,(H,23,24). The van der Waals surface area contributed by atoms with E-state index >= 15 is 0 Å². The monoisotopic (exact) mass is 354 g/mol. The molecule has 0 aliphatic heterocycles. The van der Waals surface area contributed by atoms with Crippen molar-refractivity contribution in [3.8, 4) is 28.7 Å². The number of carboxylic acid groups (broad SMARTS) is 1. The zero-order valence-electron chi connectivity index (χ0n) is 14.4. The number of aliphatic carboxylic acids is 1. The molecular weight excluding hydrogens is 336 g/mol. The number of carbonyl (C=O) groups is 1. The minimum atomic E-state index is -0.866. The molecule has 0 unspecified atom stereocenters. The summed E-state index contributed by atoms with van der Waals surface area (Å²) in [6.45, 7) is 0. The third kappa shape index (κ3) is 3.80. The first kappa shape index (κ1) is 17.4. The third-order valence-corrected chi connectivity index (χ3v) is 3.79. The van der Waals surface area contributed by atoms with Gasteiger partial charge in [-0.2, -0.15) is 5.10 Å². The molecule has 3 aromatic rings. The maximum atomic E-state index is 10.9. The average Bonchev–Trinajstić information content (AvgIpc) is 3.11. The van der Waals surface area contributed by atoms with Crippen LogP contribution in [0.2, 0.25) is 0 Å². The molecule has 0 saturated heterocycles. The number of aryl methyl sites for hydroxylation is 1. The molecule has 3 rings (SSSR count). The molecule has 1 aromatic carbocycles. The Morgan fingerprint density at radius 2 is 1.85 bits per heavy atom. The molecule has 0 aliphatic carbocycles. The average molecular weight is 354 g/mol. The van der Waals surface area contributed by atoms with Gasteiger partial charge in [-0.15, -0.1) is 10.2 Å². The van der Waals surface area contributed by atoms with Gasteiger partial charge in [0.15, 0.2) is 5.82 Å². The Kier molecular flexibility index (Phi) is 5.12. The first-order valence-corrected chi connectivity index (χ1v) is 7.94. The van der Waals surface area contributed by atoms with E-state index < -0.39 is 5.97 Å². The summed E-state index contributed by atoms with van der Waals surface area (Å²) in [7, 11) is 3.13. The van der Waals surface area contributed by atoms with E-state index in [1.807, 2.05) is 30.3 Å². The SMILES string of the molecule is COc1ccc(-c2cc(CCC(=O)O)nn2-c2ccc(OC)nn2)cc1. The van der Waals surface area contributed by atoms with Crippen LogP contribution in [0.3, 0.4) is 0 Å². The van der Waals surface area contributed by atoms with E-state index in [4.69, 9.17) is 14.6 Å². The fourth-order valence-electron chi connectivity index (χ4n) is 2.46. The second-order valence-corrected chi connectivity index (χ2v) is 5.49. The van der Waals surface area contributed by atoms with Gasteiger partial charge >= 0.3 is 5.97 Å². The zero-order valence-corrected chi connectivity index (χ0v) is 14.4. The van der Waals surface area contributed by atoms with Gasteiger partial charge in [0, 0.05) is 18.1 Å². The molecular formula is C18H18N4O4. The van der Waals surface area contributed by atoms with Crippen LogP contribution in [-0.4, -0.2) is 45.3 Å². The summed E-state index contributed by atoms with van der Waals surface area (Å²) < 4.78 is 11.9. The summed E-state index contributed by atoms with van der Waals surface area (Å²) in [5, 5.41) is 21.5. The summed E-state index contributed by atoms with van der Waals surface area (Å²) in [5.74, 6) is 0.793. The van der Waals surface area contributed by atoms with Crippen LogP contribution < -0.4 is 9.47 Å². The Bertz CT molecular complexity index is 824. The van der Waals surface area contributed by atoms with Crippen molar-refractivity contribution in [3.63, 3.8) is 0 Å². The number of methoxy groups -OCH3 is 2. The van der Waals surface area contributed by atoms with E-state index in [0.29, 0.717) is 23.8 Å². The van der Waals surface area contributed by atoms with Crippen molar-refractivity contribution in [2.24, 2.45) is 0 Å². The molecule has 0 spiro atoms. The molecule has 0 saturated carbocycles. The molecule has 0 amide bonds. The van der Waals surface area contributed by atoms with Crippen LogP contribution in [0.25, 0.3) is 17.1 Å². The van der Waals surface area contributed by atoms with Crippen LogP contribution >= 0.6 is 0 Å². The lowest BCUT2D eigenvalue weighted by molar-refractivity contribution is -0.136. The summed E-state index contributed by atoms with van der Waals surface area (Å²) in [4.78, 5) is 10.9. The third-order valence-electron chi connectivity index (χ3n) is 3.79. The molecule has 1 N–H and O–H groups in total. The van der Waals surface area contributed by atoms with Crippen LogP contribution in [0.15, 0.2) is 42.5 Å². The summed E-state index contributed by atoms with van der Waals surface area (Å²) in [5.41, 5.74) is 2.35. The highest BCUT2D eigenvalue weighted by molar-refractivity contribution is 5.67. The Labute approximate surface area is 150 Å². The summed E-state index contributed by atoms with van der Waals surface area (Å²) >= 11 is 0. The molecule has 0 bridgehead atoms. The predicted octanol–water partition coefficient (Wildman–Crippen LogP) is 2.36. The first-order valence-electron chi connectivity index (χ1n) is 7.94. The predicted molar refractivity (Wildman–Crippen MR) is 93.7 cm³/mol. The van der Waals surface area contributed by atoms with Crippen molar-refractivity contribution in [2.45, 2.75) is 12.8 Å². The smallest absolute Gasteiger partial charge is 0.303 e. The van der Waals surface area contributed by atoms with E-state index in [0.717, 1.165) is 17.0 Å². The van der Waals surface area contributed by atoms with Crippen LogP contribution in [0.1, 0.15) is 12.1 Å². The van der Waals surface area contributed by atoms with E-state index in [2.05, 4.69) is 15.3 Å². The number of nitrogens with zero attached hydrogens (tertiary/aromatic N) is 4.